The van der Waals surface area contributed by atoms with Crippen molar-refractivity contribution in [2.45, 2.75) is 45.1 Å². The topological polar surface area (TPSA) is 72.0 Å². The minimum atomic E-state index is -0.0415. The van der Waals surface area contributed by atoms with Crippen LogP contribution in [0.15, 0.2) is 36.5 Å². The molecule has 1 aromatic heterocycles. The highest BCUT2D eigenvalue weighted by atomic mass is 35.5. The van der Waals surface area contributed by atoms with E-state index in [0.29, 0.717) is 17.8 Å². The lowest BCUT2D eigenvalue weighted by molar-refractivity contribution is -0.126. The number of nitrogens with one attached hydrogen (secondary N) is 1. The van der Waals surface area contributed by atoms with Gasteiger partial charge in [-0.15, -0.1) is 0 Å². The Morgan fingerprint density at radius 1 is 1.15 bits per heavy atom. The van der Waals surface area contributed by atoms with Crippen LogP contribution in [0.4, 0.5) is 0 Å². The van der Waals surface area contributed by atoms with Crippen LogP contribution in [0.3, 0.4) is 0 Å². The zero-order valence-electron chi connectivity index (χ0n) is 14.6. The normalized spacial score (nSPS) is 14.8. The first-order valence-electron chi connectivity index (χ1n) is 8.99. The fraction of sp³-hybridized carbons (Fsp3) is 0.400. The van der Waals surface area contributed by atoms with Crippen molar-refractivity contribution in [3.05, 3.63) is 58.6 Å². The molecule has 2 aromatic rings. The van der Waals surface area contributed by atoms with Crippen LogP contribution in [-0.2, 0) is 17.8 Å². The molecule has 1 aromatic carbocycles. The summed E-state index contributed by atoms with van der Waals surface area (Å²) in [5.74, 6) is 0.216. The molecular formula is C20H22ClN3O2. The van der Waals surface area contributed by atoms with E-state index in [4.69, 9.17) is 11.6 Å². The monoisotopic (exact) mass is 371 g/mol. The van der Waals surface area contributed by atoms with E-state index >= 15 is 0 Å². The maximum atomic E-state index is 12.5. The number of amides is 1. The summed E-state index contributed by atoms with van der Waals surface area (Å²) in [5, 5.41) is 3.14. The van der Waals surface area contributed by atoms with E-state index in [0.717, 1.165) is 31.2 Å². The molecule has 0 radical (unpaired) electrons. The van der Waals surface area contributed by atoms with Crippen molar-refractivity contribution in [1.29, 1.82) is 0 Å². The Balaban J connectivity index is 1.58. The summed E-state index contributed by atoms with van der Waals surface area (Å²) < 4.78 is 0. The molecule has 0 saturated heterocycles. The number of aromatic nitrogens is 2. The maximum absolute atomic E-state index is 12.5. The van der Waals surface area contributed by atoms with Gasteiger partial charge in [0.05, 0.1) is 12.1 Å². The molecule has 0 aliphatic heterocycles. The van der Waals surface area contributed by atoms with Gasteiger partial charge in [0.25, 0.3) is 0 Å². The van der Waals surface area contributed by atoms with E-state index in [1.165, 1.54) is 12.6 Å². The average molecular weight is 372 g/mol. The van der Waals surface area contributed by atoms with E-state index in [1.54, 1.807) is 12.1 Å². The van der Waals surface area contributed by atoms with E-state index in [-0.39, 0.29) is 29.3 Å². The standard InChI is InChI=1S/C20H22ClN3O2/c21-20-22-10-9-17(24-20)12-18(25)16-8-4-5-14(11-16)13-23-19(26)15-6-2-1-3-7-15/h4-5,8-11,15H,1-3,6-7,12-13H2,(H,23,26). The van der Waals surface area contributed by atoms with E-state index in [9.17, 15) is 9.59 Å². The molecular weight excluding hydrogens is 350 g/mol. The van der Waals surface area contributed by atoms with Gasteiger partial charge in [0.15, 0.2) is 5.78 Å². The number of nitrogens with zero attached hydrogens (tertiary/aromatic N) is 2. The lowest BCUT2D eigenvalue weighted by Crippen LogP contribution is -2.31. The van der Waals surface area contributed by atoms with Crippen molar-refractivity contribution in [1.82, 2.24) is 15.3 Å². The Labute approximate surface area is 158 Å². The van der Waals surface area contributed by atoms with Gasteiger partial charge in [-0.05, 0) is 42.1 Å². The molecule has 0 atom stereocenters. The molecule has 1 heterocycles. The quantitative estimate of drug-likeness (QED) is 0.620. The Kier molecular flexibility index (Phi) is 6.34. The molecule has 1 N–H and O–H groups in total. The number of Topliss-reactive ketones (excluding diaryl/α,β-unsaturated/α-hetero) is 1. The summed E-state index contributed by atoms with van der Waals surface area (Å²) in [5.41, 5.74) is 2.11. The van der Waals surface area contributed by atoms with Crippen LogP contribution in [0.2, 0.25) is 5.28 Å². The molecule has 1 aliphatic carbocycles. The zero-order valence-corrected chi connectivity index (χ0v) is 15.3. The number of hydrogen-bond donors (Lipinski definition) is 1. The lowest BCUT2D eigenvalue weighted by atomic mass is 9.88. The summed E-state index contributed by atoms with van der Waals surface area (Å²) in [4.78, 5) is 32.6. The molecule has 1 aliphatic rings. The van der Waals surface area contributed by atoms with Crippen molar-refractivity contribution in [2.75, 3.05) is 0 Å². The molecule has 26 heavy (non-hydrogen) atoms. The van der Waals surface area contributed by atoms with Gasteiger partial charge in [-0.3, -0.25) is 9.59 Å². The number of carbonyl (C=O) groups excluding carboxylic acids is 2. The number of ketones is 1. The largest absolute Gasteiger partial charge is 0.352 e. The minimum Gasteiger partial charge on any atom is -0.352 e. The second kappa shape index (κ2) is 8.90. The molecule has 0 unspecified atom stereocenters. The number of halogens is 1. The molecule has 0 bridgehead atoms. The lowest BCUT2D eigenvalue weighted by Gasteiger charge is -2.20. The van der Waals surface area contributed by atoms with Crippen LogP contribution in [0, 0.1) is 5.92 Å². The third-order valence-corrected chi connectivity index (χ3v) is 4.90. The minimum absolute atomic E-state index is 0.0415. The predicted molar refractivity (Wildman–Crippen MR) is 99.9 cm³/mol. The highest BCUT2D eigenvalue weighted by Gasteiger charge is 2.20. The number of rotatable bonds is 6. The molecule has 0 spiro atoms. The van der Waals surface area contributed by atoms with Crippen LogP contribution < -0.4 is 5.32 Å². The first kappa shape index (κ1) is 18.5. The van der Waals surface area contributed by atoms with E-state index in [2.05, 4.69) is 15.3 Å². The van der Waals surface area contributed by atoms with Gasteiger partial charge >= 0.3 is 0 Å². The molecule has 1 amide bonds. The number of hydrogen-bond acceptors (Lipinski definition) is 4. The Morgan fingerprint density at radius 3 is 2.73 bits per heavy atom. The average Bonchev–Trinajstić information content (AvgIpc) is 2.67. The first-order valence-corrected chi connectivity index (χ1v) is 9.37. The SMILES string of the molecule is O=C(Cc1ccnc(Cl)n1)c1cccc(CNC(=O)C2CCCCC2)c1. The second-order valence-electron chi connectivity index (χ2n) is 6.67. The molecule has 3 rings (SSSR count). The van der Waals surface area contributed by atoms with Crippen LogP contribution in [0.25, 0.3) is 0 Å². The Morgan fingerprint density at radius 2 is 1.96 bits per heavy atom. The Bertz CT molecular complexity index is 788. The van der Waals surface area contributed by atoms with E-state index < -0.39 is 0 Å². The van der Waals surface area contributed by atoms with Gasteiger partial charge < -0.3 is 5.32 Å². The molecule has 1 fully saturated rings. The number of benzene rings is 1. The third-order valence-electron chi connectivity index (χ3n) is 4.72. The van der Waals surface area contributed by atoms with Gasteiger partial charge in [0, 0.05) is 24.2 Å². The van der Waals surface area contributed by atoms with Gasteiger partial charge in [0.1, 0.15) is 0 Å². The van der Waals surface area contributed by atoms with Gasteiger partial charge in [-0.25, -0.2) is 9.97 Å². The first-order chi connectivity index (χ1) is 12.6. The van der Waals surface area contributed by atoms with Crippen molar-refractivity contribution in [3.8, 4) is 0 Å². The fourth-order valence-corrected chi connectivity index (χ4v) is 3.45. The summed E-state index contributed by atoms with van der Waals surface area (Å²) in [6.07, 6.45) is 7.16. The van der Waals surface area contributed by atoms with Crippen LogP contribution in [0.5, 0.6) is 0 Å². The number of carbonyl (C=O) groups is 2. The van der Waals surface area contributed by atoms with Gasteiger partial charge in [-0.1, -0.05) is 37.5 Å². The maximum Gasteiger partial charge on any atom is 0.223 e. The second-order valence-corrected chi connectivity index (χ2v) is 7.01. The smallest absolute Gasteiger partial charge is 0.223 e. The summed E-state index contributed by atoms with van der Waals surface area (Å²) in [7, 11) is 0. The highest BCUT2D eigenvalue weighted by Crippen LogP contribution is 2.23. The van der Waals surface area contributed by atoms with E-state index in [1.807, 2.05) is 18.2 Å². The van der Waals surface area contributed by atoms with Crippen LogP contribution >= 0.6 is 11.6 Å². The summed E-state index contributed by atoms with van der Waals surface area (Å²) in [6.45, 7) is 0.440. The molecule has 6 heteroatoms. The highest BCUT2D eigenvalue weighted by molar-refractivity contribution is 6.28. The van der Waals surface area contributed by atoms with Crippen molar-refractivity contribution in [3.63, 3.8) is 0 Å². The van der Waals surface area contributed by atoms with Gasteiger partial charge in [-0.2, -0.15) is 0 Å². The third kappa shape index (κ3) is 5.11. The zero-order chi connectivity index (χ0) is 18.4. The summed E-state index contributed by atoms with van der Waals surface area (Å²) in [6, 6.07) is 9.03. The molecule has 1 saturated carbocycles. The summed E-state index contributed by atoms with van der Waals surface area (Å²) >= 11 is 5.76. The fourth-order valence-electron chi connectivity index (χ4n) is 3.29. The van der Waals surface area contributed by atoms with Crippen molar-refractivity contribution < 1.29 is 9.59 Å². The Hall–Kier alpha value is -2.27. The molecule has 5 nitrogen and oxygen atoms in total. The van der Waals surface area contributed by atoms with Crippen LogP contribution in [-0.4, -0.2) is 21.7 Å². The van der Waals surface area contributed by atoms with Crippen LogP contribution in [0.1, 0.15) is 53.7 Å². The van der Waals surface area contributed by atoms with Gasteiger partial charge in [0.2, 0.25) is 11.2 Å². The van der Waals surface area contributed by atoms with Crippen molar-refractivity contribution in [2.24, 2.45) is 5.92 Å². The molecule has 136 valence electrons. The van der Waals surface area contributed by atoms with Crippen molar-refractivity contribution >= 4 is 23.3 Å². The predicted octanol–water partition coefficient (Wildman–Crippen LogP) is 3.75.